The molecule has 0 spiro atoms. The fourth-order valence-corrected chi connectivity index (χ4v) is 4.08. The smallest absolute Gasteiger partial charge is 0.133 e. The van der Waals surface area contributed by atoms with Crippen LogP contribution in [-0.2, 0) is 0 Å². The summed E-state index contributed by atoms with van der Waals surface area (Å²) >= 11 is 3.57. The summed E-state index contributed by atoms with van der Waals surface area (Å²) in [6.45, 7) is 4.38. The lowest BCUT2D eigenvalue weighted by atomic mass is 10.1. The van der Waals surface area contributed by atoms with Gasteiger partial charge in [-0.2, -0.15) is 0 Å². The molecule has 2 aromatic heterocycles. The second-order valence-electron chi connectivity index (χ2n) is 4.20. The Hall–Kier alpha value is -0.710. The van der Waals surface area contributed by atoms with Crippen LogP contribution in [0.4, 0.5) is 0 Å². The molecule has 0 bridgehead atoms. The first kappa shape index (κ1) is 10.4. The van der Waals surface area contributed by atoms with Crippen molar-refractivity contribution in [3.8, 4) is 9.88 Å². The zero-order chi connectivity index (χ0) is 11.0. The first-order valence-corrected chi connectivity index (χ1v) is 7.31. The number of aryl methyl sites for hydroxylation is 1. The number of hydrogen-bond acceptors (Lipinski definition) is 4. The molecule has 2 nitrogen and oxygen atoms in total. The number of rotatable bonds is 2. The van der Waals surface area contributed by atoms with E-state index in [9.17, 15) is 0 Å². The van der Waals surface area contributed by atoms with E-state index in [2.05, 4.69) is 29.1 Å². The van der Waals surface area contributed by atoms with E-state index >= 15 is 0 Å². The number of thiazole rings is 1. The van der Waals surface area contributed by atoms with Crippen LogP contribution < -0.4 is 5.32 Å². The Morgan fingerprint density at radius 3 is 3.06 bits per heavy atom. The van der Waals surface area contributed by atoms with Crippen molar-refractivity contribution in [3.05, 3.63) is 28.1 Å². The molecule has 1 saturated heterocycles. The third-order valence-electron chi connectivity index (χ3n) is 3.06. The van der Waals surface area contributed by atoms with E-state index in [1.54, 1.807) is 22.7 Å². The SMILES string of the molecule is Cc1ccsc1-c1nc(C2CCNC2)cs1. The van der Waals surface area contributed by atoms with Gasteiger partial charge in [-0.1, -0.05) is 0 Å². The van der Waals surface area contributed by atoms with Crippen molar-refractivity contribution in [2.24, 2.45) is 0 Å². The summed E-state index contributed by atoms with van der Waals surface area (Å²) in [5, 5.41) is 8.95. The molecule has 16 heavy (non-hydrogen) atoms. The fourth-order valence-electron chi connectivity index (χ4n) is 2.08. The monoisotopic (exact) mass is 250 g/mol. The summed E-state index contributed by atoms with van der Waals surface area (Å²) in [5.74, 6) is 0.630. The summed E-state index contributed by atoms with van der Waals surface area (Å²) in [6, 6.07) is 2.16. The summed E-state index contributed by atoms with van der Waals surface area (Å²) in [7, 11) is 0. The molecule has 4 heteroatoms. The normalized spacial score (nSPS) is 20.4. The van der Waals surface area contributed by atoms with Crippen LogP contribution in [0, 0.1) is 6.92 Å². The molecule has 0 saturated carbocycles. The zero-order valence-corrected chi connectivity index (χ0v) is 10.8. The molecule has 1 aliphatic rings. The lowest BCUT2D eigenvalue weighted by Crippen LogP contribution is -2.08. The summed E-state index contributed by atoms with van der Waals surface area (Å²) < 4.78 is 0. The van der Waals surface area contributed by atoms with Crippen LogP contribution >= 0.6 is 22.7 Å². The van der Waals surface area contributed by atoms with Crippen molar-refractivity contribution in [3.63, 3.8) is 0 Å². The number of thiophene rings is 1. The maximum absolute atomic E-state index is 4.78. The Kier molecular flexibility index (Phi) is 2.79. The Morgan fingerprint density at radius 1 is 1.44 bits per heavy atom. The molecule has 0 aliphatic carbocycles. The summed E-state index contributed by atoms with van der Waals surface area (Å²) in [6.07, 6.45) is 1.23. The molecular formula is C12H14N2S2. The molecule has 3 rings (SSSR count). The minimum Gasteiger partial charge on any atom is -0.316 e. The first-order chi connectivity index (χ1) is 7.84. The largest absolute Gasteiger partial charge is 0.316 e. The number of hydrogen-bond donors (Lipinski definition) is 1. The average Bonchev–Trinajstić information content (AvgIpc) is 2.96. The molecule has 1 fully saturated rings. The molecule has 1 atom stereocenters. The first-order valence-electron chi connectivity index (χ1n) is 5.55. The van der Waals surface area contributed by atoms with Gasteiger partial charge in [0.05, 0.1) is 10.6 Å². The van der Waals surface area contributed by atoms with Gasteiger partial charge in [-0.25, -0.2) is 4.98 Å². The molecular weight excluding hydrogens is 236 g/mol. The Morgan fingerprint density at radius 2 is 2.38 bits per heavy atom. The average molecular weight is 250 g/mol. The van der Waals surface area contributed by atoms with E-state index in [1.807, 2.05) is 0 Å². The molecule has 0 aromatic carbocycles. The highest BCUT2D eigenvalue weighted by Crippen LogP contribution is 2.34. The van der Waals surface area contributed by atoms with Crippen molar-refractivity contribution >= 4 is 22.7 Å². The lowest BCUT2D eigenvalue weighted by Gasteiger charge is -2.02. The second kappa shape index (κ2) is 4.28. The molecule has 3 heterocycles. The highest BCUT2D eigenvalue weighted by atomic mass is 32.1. The Labute approximate surface area is 103 Å². The van der Waals surface area contributed by atoms with Gasteiger partial charge in [-0.15, -0.1) is 22.7 Å². The van der Waals surface area contributed by atoms with Crippen molar-refractivity contribution in [1.82, 2.24) is 10.3 Å². The van der Waals surface area contributed by atoms with Crippen LogP contribution in [0.25, 0.3) is 9.88 Å². The van der Waals surface area contributed by atoms with Crippen molar-refractivity contribution in [2.45, 2.75) is 19.3 Å². The fraction of sp³-hybridized carbons (Fsp3) is 0.417. The number of nitrogens with one attached hydrogen (secondary N) is 1. The quantitative estimate of drug-likeness (QED) is 0.885. The van der Waals surface area contributed by atoms with Gasteiger partial charge in [0, 0.05) is 17.8 Å². The predicted octanol–water partition coefficient (Wildman–Crippen LogP) is 3.26. The van der Waals surface area contributed by atoms with Crippen LogP contribution in [0.2, 0.25) is 0 Å². The van der Waals surface area contributed by atoms with Gasteiger partial charge in [-0.05, 0) is 36.9 Å². The molecule has 2 aromatic rings. The molecule has 0 radical (unpaired) electrons. The van der Waals surface area contributed by atoms with Gasteiger partial charge in [0.2, 0.25) is 0 Å². The number of nitrogens with zero attached hydrogens (tertiary/aromatic N) is 1. The van der Waals surface area contributed by atoms with Crippen LogP contribution in [-0.4, -0.2) is 18.1 Å². The predicted molar refractivity (Wildman–Crippen MR) is 70.4 cm³/mol. The van der Waals surface area contributed by atoms with E-state index in [1.165, 1.54) is 27.6 Å². The highest BCUT2D eigenvalue weighted by molar-refractivity contribution is 7.20. The second-order valence-corrected chi connectivity index (χ2v) is 5.97. The van der Waals surface area contributed by atoms with Crippen LogP contribution in [0.5, 0.6) is 0 Å². The zero-order valence-electron chi connectivity index (χ0n) is 9.19. The minimum atomic E-state index is 0.630. The van der Waals surface area contributed by atoms with E-state index in [0.29, 0.717) is 5.92 Å². The van der Waals surface area contributed by atoms with Crippen LogP contribution in [0.1, 0.15) is 23.6 Å². The van der Waals surface area contributed by atoms with Gasteiger partial charge < -0.3 is 5.32 Å². The standard InChI is InChI=1S/C12H14N2S2/c1-8-3-5-15-11(8)12-14-10(7-16-12)9-2-4-13-6-9/h3,5,7,9,13H,2,4,6H2,1H3. The van der Waals surface area contributed by atoms with Crippen molar-refractivity contribution in [2.75, 3.05) is 13.1 Å². The summed E-state index contributed by atoms with van der Waals surface area (Å²) in [5.41, 5.74) is 2.62. The molecule has 1 aliphatic heterocycles. The Balaban J connectivity index is 1.90. The lowest BCUT2D eigenvalue weighted by molar-refractivity contribution is 0.742. The van der Waals surface area contributed by atoms with Gasteiger partial charge in [0.1, 0.15) is 5.01 Å². The van der Waals surface area contributed by atoms with E-state index in [-0.39, 0.29) is 0 Å². The van der Waals surface area contributed by atoms with Crippen molar-refractivity contribution < 1.29 is 0 Å². The van der Waals surface area contributed by atoms with E-state index in [0.717, 1.165) is 13.1 Å². The van der Waals surface area contributed by atoms with Crippen molar-refractivity contribution in [1.29, 1.82) is 0 Å². The van der Waals surface area contributed by atoms with Gasteiger partial charge >= 0.3 is 0 Å². The van der Waals surface area contributed by atoms with Crippen LogP contribution in [0.3, 0.4) is 0 Å². The molecule has 0 amide bonds. The topological polar surface area (TPSA) is 24.9 Å². The van der Waals surface area contributed by atoms with Gasteiger partial charge in [0.15, 0.2) is 0 Å². The number of aromatic nitrogens is 1. The van der Waals surface area contributed by atoms with E-state index < -0.39 is 0 Å². The van der Waals surface area contributed by atoms with Crippen LogP contribution in [0.15, 0.2) is 16.8 Å². The minimum absolute atomic E-state index is 0.630. The Bertz CT molecular complexity index is 481. The molecule has 84 valence electrons. The maximum atomic E-state index is 4.78. The molecule has 1 N–H and O–H groups in total. The maximum Gasteiger partial charge on any atom is 0.133 e. The van der Waals surface area contributed by atoms with Gasteiger partial charge in [-0.3, -0.25) is 0 Å². The van der Waals surface area contributed by atoms with Gasteiger partial charge in [0.25, 0.3) is 0 Å². The highest BCUT2D eigenvalue weighted by Gasteiger charge is 2.20. The van der Waals surface area contributed by atoms with E-state index in [4.69, 9.17) is 4.98 Å². The third kappa shape index (κ3) is 1.81. The third-order valence-corrected chi connectivity index (χ3v) is 5.09. The summed E-state index contributed by atoms with van der Waals surface area (Å²) in [4.78, 5) is 6.12. The molecule has 1 unspecified atom stereocenters.